The molecule has 1 heterocycles. The number of ether oxygens (including phenoxy) is 2. The maximum Gasteiger partial charge on any atom is 0.251 e. The van der Waals surface area contributed by atoms with Gasteiger partial charge in [0, 0.05) is 25.2 Å². The van der Waals surface area contributed by atoms with Gasteiger partial charge in [0.15, 0.2) is 0 Å². The molecule has 1 atom stereocenters. The SMILES string of the molecule is CCOc1cccc(-c2ccc(C(=O)NCC3CNCCO3)cc2)c1.Cl. The van der Waals surface area contributed by atoms with Crippen LogP contribution in [0.5, 0.6) is 5.75 Å². The van der Waals surface area contributed by atoms with E-state index in [2.05, 4.69) is 10.6 Å². The number of nitrogens with one attached hydrogen (secondary N) is 2. The van der Waals surface area contributed by atoms with Gasteiger partial charge in [0.25, 0.3) is 5.91 Å². The van der Waals surface area contributed by atoms with E-state index in [1.165, 1.54) is 0 Å². The van der Waals surface area contributed by atoms with Crippen LogP contribution in [0.2, 0.25) is 0 Å². The van der Waals surface area contributed by atoms with Crippen molar-refractivity contribution in [3.8, 4) is 16.9 Å². The van der Waals surface area contributed by atoms with E-state index in [-0.39, 0.29) is 24.4 Å². The van der Waals surface area contributed by atoms with Gasteiger partial charge in [-0.2, -0.15) is 0 Å². The summed E-state index contributed by atoms with van der Waals surface area (Å²) in [6.07, 6.45) is 0.0401. The van der Waals surface area contributed by atoms with Gasteiger partial charge in [-0.3, -0.25) is 4.79 Å². The zero-order valence-corrected chi connectivity index (χ0v) is 15.7. The number of amides is 1. The lowest BCUT2D eigenvalue weighted by Crippen LogP contribution is -2.45. The van der Waals surface area contributed by atoms with E-state index in [0.717, 1.165) is 30.0 Å². The van der Waals surface area contributed by atoms with E-state index in [9.17, 15) is 4.79 Å². The van der Waals surface area contributed by atoms with Gasteiger partial charge in [-0.05, 0) is 42.3 Å². The highest BCUT2D eigenvalue weighted by Crippen LogP contribution is 2.24. The van der Waals surface area contributed by atoms with Crippen LogP contribution in [0.3, 0.4) is 0 Å². The number of carbonyl (C=O) groups is 1. The fourth-order valence-corrected chi connectivity index (χ4v) is 2.81. The van der Waals surface area contributed by atoms with E-state index in [0.29, 0.717) is 25.3 Å². The van der Waals surface area contributed by atoms with Gasteiger partial charge in [0.05, 0.1) is 19.3 Å². The summed E-state index contributed by atoms with van der Waals surface area (Å²) >= 11 is 0. The van der Waals surface area contributed by atoms with Crippen molar-refractivity contribution in [3.05, 3.63) is 54.1 Å². The standard InChI is InChI=1S/C20H24N2O3.ClH/c1-2-24-18-5-3-4-17(12-18)15-6-8-16(9-7-15)20(23)22-14-19-13-21-10-11-25-19;/h3-9,12,19,21H,2,10-11,13-14H2,1H3,(H,22,23);1H. The Labute approximate surface area is 160 Å². The Bertz CT molecular complexity index is 700. The minimum atomic E-state index is -0.0798. The van der Waals surface area contributed by atoms with Crippen molar-refractivity contribution in [2.45, 2.75) is 13.0 Å². The molecule has 0 aliphatic carbocycles. The summed E-state index contributed by atoms with van der Waals surface area (Å²) in [6, 6.07) is 15.6. The first-order valence-corrected chi connectivity index (χ1v) is 8.70. The van der Waals surface area contributed by atoms with Crippen LogP contribution in [0.1, 0.15) is 17.3 Å². The molecule has 1 fully saturated rings. The molecule has 1 aliphatic rings. The molecule has 26 heavy (non-hydrogen) atoms. The Morgan fingerprint density at radius 2 is 2.04 bits per heavy atom. The Morgan fingerprint density at radius 1 is 1.23 bits per heavy atom. The second kappa shape index (κ2) is 10.2. The third-order valence-corrected chi connectivity index (χ3v) is 4.12. The lowest BCUT2D eigenvalue weighted by atomic mass is 10.0. The van der Waals surface area contributed by atoms with Crippen LogP contribution >= 0.6 is 12.4 Å². The molecule has 1 unspecified atom stereocenters. The second-order valence-corrected chi connectivity index (χ2v) is 5.95. The van der Waals surface area contributed by atoms with Crippen LogP contribution in [0.25, 0.3) is 11.1 Å². The molecule has 6 heteroatoms. The van der Waals surface area contributed by atoms with Crippen LogP contribution in [-0.2, 0) is 4.74 Å². The van der Waals surface area contributed by atoms with Gasteiger partial charge in [-0.25, -0.2) is 0 Å². The molecular formula is C20H25ClN2O3. The molecule has 1 amide bonds. The van der Waals surface area contributed by atoms with Gasteiger partial charge in [-0.15, -0.1) is 12.4 Å². The molecule has 2 aromatic carbocycles. The monoisotopic (exact) mass is 376 g/mol. The van der Waals surface area contributed by atoms with Gasteiger partial charge in [0.1, 0.15) is 5.75 Å². The van der Waals surface area contributed by atoms with Crippen LogP contribution in [0, 0.1) is 0 Å². The van der Waals surface area contributed by atoms with Crippen molar-refractivity contribution >= 4 is 18.3 Å². The fraction of sp³-hybridized carbons (Fsp3) is 0.350. The minimum absolute atomic E-state index is 0. The number of hydrogen-bond acceptors (Lipinski definition) is 4. The first-order valence-electron chi connectivity index (χ1n) is 8.70. The summed E-state index contributed by atoms with van der Waals surface area (Å²) in [7, 11) is 0. The molecule has 0 aromatic heterocycles. The molecule has 0 bridgehead atoms. The average Bonchev–Trinajstić information content (AvgIpc) is 2.67. The van der Waals surface area contributed by atoms with E-state index in [1.807, 2.05) is 55.5 Å². The molecule has 3 rings (SSSR count). The Balaban J connectivity index is 0.00000243. The Kier molecular flexibility index (Phi) is 7.91. The summed E-state index contributed by atoms with van der Waals surface area (Å²) in [5, 5.41) is 6.18. The van der Waals surface area contributed by atoms with Crippen molar-refractivity contribution in [1.82, 2.24) is 10.6 Å². The molecule has 140 valence electrons. The normalized spacial score (nSPS) is 16.4. The van der Waals surface area contributed by atoms with Gasteiger partial charge >= 0.3 is 0 Å². The third-order valence-electron chi connectivity index (χ3n) is 4.12. The first kappa shape index (κ1) is 20.2. The highest BCUT2D eigenvalue weighted by Gasteiger charge is 2.15. The first-order chi connectivity index (χ1) is 12.3. The van der Waals surface area contributed by atoms with Crippen LogP contribution in [-0.4, -0.2) is 44.9 Å². The van der Waals surface area contributed by atoms with Crippen molar-refractivity contribution in [2.75, 3.05) is 32.8 Å². The van der Waals surface area contributed by atoms with Gasteiger partial charge in [0.2, 0.25) is 0 Å². The molecule has 0 radical (unpaired) electrons. The predicted octanol–water partition coefficient (Wildman–Crippen LogP) is 2.89. The molecule has 2 N–H and O–H groups in total. The predicted molar refractivity (Wildman–Crippen MR) is 105 cm³/mol. The van der Waals surface area contributed by atoms with Crippen molar-refractivity contribution in [1.29, 1.82) is 0 Å². The summed E-state index contributed by atoms with van der Waals surface area (Å²) < 4.78 is 11.1. The van der Waals surface area contributed by atoms with Crippen LogP contribution in [0.4, 0.5) is 0 Å². The molecule has 1 aliphatic heterocycles. The summed E-state index contributed by atoms with van der Waals surface area (Å²) in [4.78, 5) is 12.3. The maximum atomic E-state index is 12.3. The Morgan fingerprint density at radius 3 is 2.73 bits per heavy atom. The number of morpholine rings is 1. The van der Waals surface area contributed by atoms with E-state index < -0.39 is 0 Å². The lowest BCUT2D eigenvalue weighted by Gasteiger charge is -2.23. The third kappa shape index (κ3) is 5.46. The van der Waals surface area contributed by atoms with E-state index in [4.69, 9.17) is 9.47 Å². The number of benzene rings is 2. The average molecular weight is 377 g/mol. The highest BCUT2D eigenvalue weighted by atomic mass is 35.5. The number of halogens is 1. The fourth-order valence-electron chi connectivity index (χ4n) is 2.81. The second-order valence-electron chi connectivity index (χ2n) is 5.95. The highest BCUT2D eigenvalue weighted by molar-refractivity contribution is 5.94. The number of carbonyl (C=O) groups excluding carboxylic acids is 1. The van der Waals surface area contributed by atoms with Crippen molar-refractivity contribution in [3.63, 3.8) is 0 Å². The molecule has 5 nitrogen and oxygen atoms in total. The van der Waals surface area contributed by atoms with Crippen LogP contribution in [0.15, 0.2) is 48.5 Å². The summed E-state index contributed by atoms with van der Waals surface area (Å²) in [5.41, 5.74) is 2.77. The molecular weight excluding hydrogens is 352 g/mol. The quantitative estimate of drug-likeness (QED) is 0.813. The molecule has 0 saturated carbocycles. The summed E-state index contributed by atoms with van der Waals surface area (Å²) in [5.74, 6) is 0.770. The topological polar surface area (TPSA) is 59.6 Å². The van der Waals surface area contributed by atoms with Gasteiger partial charge < -0.3 is 20.1 Å². The maximum absolute atomic E-state index is 12.3. The zero-order valence-electron chi connectivity index (χ0n) is 14.9. The molecule has 2 aromatic rings. The summed E-state index contributed by atoms with van der Waals surface area (Å²) in [6.45, 7) is 5.46. The largest absolute Gasteiger partial charge is 0.494 e. The Hall–Kier alpha value is -2.08. The van der Waals surface area contributed by atoms with Crippen molar-refractivity contribution in [2.24, 2.45) is 0 Å². The van der Waals surface area contributed by atoms with Gasteiger partial charge in [-0.1, -0.05) is 24.3 Å². The smallest absolute Gasteiger partial charge is 0.251 e. The van der Waals surface area contributed by atoms with E-state index >= 15 is 0 Å². The van der Waals surface area contributed by atoms with E-state index in [1.54, 1.807) is 0 Å². The molecule has 1 saturated heterocycles. The lowest BCUT2D eigenvalue weighted by molar-refractivity contribution is 0.0287. The number of hydrogen-bond donors (Lipinski definition) is 2. The van der Waals surface area contributed by atoms with Crippen LogP contribution < -0.4 is 15.4 Å². The number of rotatable bonds is 6. The minimum Gasteiger partial charge on any atom is -0.494 e. The van der Waals surface area contributed by atoms with Crippen molar-refractivity contribution < 1.29 is 14.3 Å². The molecule has 0 spiro atoms. The zero-order chi connectivity index (χ0) is 17.5.